The van der Waals surface area contributed by atoms with E-state index in [0.29, 0.717) is 12.2 Å². The Balaban J connectivity index is 1.56. The lowest BCUT2D eigenvalue weighted by Gasteiger charge is -2.43. The third-order valence-corrected chi connectivity index (χ3v) is 7.46. The van der Waals surface area contributed by atoms with Crippen LogP contribution in [0.1, 0.15) is 48.8 Å². The summed E-state index contributed by atoms with van der Waals surface area (Å²) in [7, 11) is 0. The standard InChI is InChI=1S/C26H31Cl3N2O5/c1-16-22(13-31-12-2-3-21(31)15-33)35-24(36-23(16)18-6-4-17(14-32)5-7-18)19-8-10-20(11-9-19)30-25(34)26(27,28)29/h4-11,16,21-24,32-33H,2-3,12-15H2,1H3,(H,30,34)/t16-,21-,22+,23+,24+/m0/s1. The Morgan fingerprint density at radius 3 is 2.33 bits per heavy atom. The number of amides is 1. The molecule has 3 N–H and O–H groups in total. The van der Waals surface area contributed by atoms with E-state index in [9.17, 15) is 15.0 Å². The third kappa shape index (κ3) is 6.52. The first kappa shape index (κ1) is 27.6. The van der Waals surface area contributed by atoms with Gasteiger partial charge < -0.3 is 25.0 Å². The molecular formula is C26H31Cl3N2O5. The van der Waals surface area contributed by atoms with Crippen molar-refractivity contribution < 1.29 is 24.5 Å². The highest BCUT2D eigenvalue weighted by Crippen LogP contribution is 2.42. The van der Waals surface area contributed by atoms with Gasteiger partial charge in [-0.05, 0) is 42.6 Å². The van der Waals surface area contributed by atoms with E-state index in [1.165, 1.54) is 0 Å². The monoisotopic (exact) mass is 556 g/mol. The van der Waals surface area contributed by atoms with E-state index >= 15 is 0 Å². The summed E-state index contributed by atoms with van der Waals surface area (Å²) in [5.74, 6) is -0.696. The summed E-state index contributed by atoms with van der Waals surface area (Å²) >= 11 is 16.9. The molecule has 2 aromatic rings. The third-order valence-electron chi connectivity index (χ3n) is 6.95. The van der Waals surface area contributed by atoms with E-state index in [4.69, 9.17) is 44.3 Å². The molecule has 0 spiro atoms. The molecule has 7 nitrogen and oxygen atoms in total. The van der Waals surface area contributed by atoms with Crippen LogP contribution in [0.15, 0.2) is 48.5 Å². The van der Waals surface area contributed by atoms with Crippen molar-refractivity contribution in [3.63, 3.8) is 0 Å². The fraction of sp³-hybridized carbons (Fsp3) is 0.500. The summed E-state index contributed by atoms with van der Waals surface area (Å²) in [6.45, 7) is 3.85. The lowest BCUT2D eigenvalue weighted by molar-refractivity contribution is -0.276. The smallest absolute Gasteiger partial charge is 0.276 e. The van der Waals surface area contributed by atoms with Gasteiger partial charge in [0, 0.05) is 29.8 Å². The summed E-state index contributed by atoms with van der Waals surface area (Å²) in [4.78, 5) is 14.3. The Labute approximate surface area is 226 Å². The number of nitrogens with zero attached hydrogens (tertiary/aromatic N) is 1. The number of ether oxygens (including phenoxy) is 2. The Bertz CT molecular complexity index is 1020. The van der Waals surface area contributed by atoms with Gasteiger partial charge in [0.2, 0.25) is 0 Å². The number of benzene rings is 2. The molecule has 10 heteroatoms. The molecule has 0 aliphatic carbocycles. The number of carbonyl (C=O) groups is 1. The van der Waals surface area contributed by atoms with Gasteiger partial charge in [-0.15, -0.1) is 0 Å². The van der Waals surface area contributed by atoms with Crippen molar-refractivity contribution in [2.75, 3.05) is 25.0 Å². The van der Waals surface area contributed by atoms with Crippen LogP contribution in [0.2, 0.25) is 0 Å². The number of hydrogen-bond acceptors (Lipinski definition) is 6. The molecule has 2 heterocycles. The molecule has 2 aliphatic heterocycles. The first-order chi connectivity index (χ1) is 17.2. The molecule has 1 amide bonds. The highest BCUT2D eigenvalue weighted by molar-refractivity contribution is 6.76. The lowest BCUT2D eigenvalue weighted by Crippen LogP contribution is -2.46. The van der Waals surface area contributed by atoms with Gasteiger partial charge in [0.25, 0.3) is 9.70 Å². The first-order valence-electron chi connectivity index (χ1n) is 12.0. The highest BCUT2D eigenvalue weighted by Gasteiger charge is 2.40. The Morgan fingerprint density at radius 1 is 1.06 bits per heavy atom. The zero-order chi connectivity index (χ0) is 25.9. The fourth-order valence-corrected chi connectivity index (χ4v) is 4.97. The number of rotatable bonds is 7. The molecule has 0 saturated carbocycles. The number of hydrogen-bond donors (Lipinski definition) is 3. The molecule has 0 bridgehead atoms. The molecule has 2 fully saturated rings. The van der Waals surface area contributed by atoms with E-state index in [1.807, 2.05) is 36.4 Å². The van der Waals surface area contributed by atoms with Crippen LogP contribution in [-0.2, 0) is 20.9 Å². The fourth-order valence-electron chi connectivity index (χ4n) is 4.83. The minimum Gasteiger partial charge on any atom is -0.395 e. The van der Waals surface area contributed by atoms with Crippen molar-refractivity contribution >= 4 is 46.4 Å². The second kappa shape index (κ2) is 12.0. The molecule has 0 aromatic heterocycles. The average molecular weight is 558 g/mol. The zero-order valence-electron chi connectivity index (χ0n) is 19.9. The Hall–Kier alpha value is -1.42. The van der Waals surface area contributed by atoms with Gasteiger partial charge in [0.15, 0.2) is 6.29 Å². The molecule has 2 saturated heterocycles. The van der Waals surface area contributed by atoms with Gasteiger partial charge in [-0.2, -0.15) is 0 Å². The largest absolute Gasteiger partial charge is 0.395 e. The Kier molecular flexibility index (Phi) is 9.18. The van der Waals surface area contributed by atoms with Crippen molar-refractivity contribution in [1.29, 1.82) is 0 Å². The van der Waals surface area contributed by atoms with Crippen LogP contribution in [0.4, 0.5) is 5.69 Å². The number of halogens is 3. The van der Waals surface area contributed by atoms with E-state index in [-0.39, 0.29) is 37.4 Å². The predicted octanol–water partition coefficient (Wildman–Crippen LogP) is 4.74. The van der Waals surface area contributed by atoms with Gasteiger partial charge in [0.05, 0.1) is 25.4 Å². The number of carbonyl (C=O) groups excluding carboxylic acids is 1. The van der Waals surface area contributed by atoms with E-state index < -0.39 is 16.0 Å². The number of anilines is 1. The molecule has 36 heavy (non-hydrogen) atoms. The summed E-state index contributed by atoms with van der Waals surface area (Å²) in [5.41, 5.74) is 3.11. The molecule has 5 atom stereocenters. The maximum atomic E-state index is 12.0. The van der Waals surface area contributed by atoms with Crippen molar-refractivity contribution in [3.8, 4) is 0 Å². The SMILES string of the molecule is C[C@H]1[C@@H](CN2CCC[C@H]2CO)O[C@@H](c2ccc(NC(=O)C(Cl)(Cl)Cl)cc2)O[C@H]1c1ccc(CO)cc1. The quantitative estimate of drug-likeness (QED) is 0.426. The first-order valence-corrected chi connectivity index (χ1v) is 13.2. The number of likely N-dealkylation sites (tertiary alicyclic amines) is 1. The molecule has 0 radical (unpaired) electrons. The van der Waals surface area contributed by atoms with Crippen molar-refractivity contribution in [1.82, 2.24) is 4.90 Å². The van der Waals surface area contributed by atoms with Gasteiger partial charge in [-0.25, -0.2) is 0 Å². The second-order valence-electron chi connectivity index (χ2n) is 9.37. The van der Waals surface area contributed by atoms with Crippen molar-refractivity contribution in [3.05, 3.63) is 65.2 Å². The van der Waals surface area contributed by atoms with Crippen LogP contribution in [0.25, 0.3) is 0 Å². The minimum absolute atomic E-state index is 0.0195. The predicted molar refractivity (Wildman–Crippen MR) is 140 cm³/mol. The van der Waals surface area contributed by atoms with Gasteiger partial charge in [-0.1, -0.05) is 78.1 Å². The second-order valence-corrected chi connectivity index (χ2v) is 11.7. The summed E-state index contributed by atoms with van der Waals surface area (Å²) < 4.78 is 10.9. The van der Waals surface area contributed by atoms with Crippen LogP contribution in [0.5, 0.6) is 0 Å². The van der Waals surface area contributed by atoms with Crippen LogP contribution in [-0.4, -0.2) is 56.7 Å². The van der Waals surface area contributed by atoms with E-state index in [0.717, 1.165) is 36.1 Å². The van der Waals surface area contributed by atoms with Crippen LogP contribution in [0, 0.1) is 5.92 Å². The van der Waals surface area contributed by atoms with Gasteiger partial charge in [0.1, 0.15) is 0 Å². The van der Waals surface area contributed by atoms with Crippen molar-refractivity contribution in [2.45, 2.75) is 54.7 Å². The maximum absolute atomic E-state index is 12.0. The van der Waals surface area contributed by atoms with Gasteiger partial charge >= 0.3 is 0 Å². The van der Waals surface area contributed by atoms with Crippen LogP contribution >= 0.6 is 34.8 Å². The summed E-state index contributed by atoms with van der Waals surface area (Å²) in [6.07, 6.45) is 1.02. The molecule has 2 aliphatic rings. The summed E-state index contributed by atoms with van der Waals surface area (Å²) in [5, 5.41) is 21.8. The number of aliphatic hydroxyl groups is 2. The molecular weight excluding hydrogens is 527 g/mol. The topological polar surface area (TPSA) is 91.3 Å². The van der Waals surface area contributed by atoms with Crippen LogP contribution in [0.3, 0.4) is 0 Å². The van der Waals surface area contributed by atoms with Crippen molar-refractivity contribution in [2.24, 2.45) is 5.92 Å². The molecule has 0 unspecified atom stereocenters. The molecule has 2 aromatic carbocycles. The van der Waals surface area contributed by atoms with E-state index in [1.54, 1.807) is 12.1 Å². The van der Waals surface area contributed by atoms with Crippen LogP contribution < -0.4 is 5.32 Å². The number of aliphatic hydroxyl groups excluding tert-OH is 2. The highest BCUT2D eigenvalue weighted by atomic mass is 35.6. The number of nitrogens with one attached hydrogen (secondary N) is 1. The number of alkyl halides is 3. The maximum Gasteiger partial charge on any atom is 0.276 e. The van der Waals surface area contributed by atoms with E-state index in [2.05, 4.69) is 17.1 Å². The lowest BCUT2D eigenvalue weighted by atomic mass is 9.90. The Morgan fingerprint density at radius 2 is 1.72 bits per heavy atom. The zero-order valence-corrected chi connectivity index (χ0v) is 22.2. The van der Waals surface area contributed by atoms with Gasteiger partial charge in [-0.3, -0.25) is 9.69 Å². The molecule has 4 rings (SSSR count). The minimum atomic E-state index is -2.06. The average Bonchev–Trinajstić information content (AvgIpc) is 3.32. The summed E-state index contributed by atoms with van der Waals surface area (Å²) in [6, 6.07) is 14.9. The molecule has 196 valence electrons. The normalized spacial score (nSPS) is 27.2.